The van der Waals surface area contributed by atoms with Gasteiger partial charge >= 0.3 is 0 Å². The molecule has 0 aliphatic carbocycles. The van der Waals surface area contributed by atoms with Crippen molar-refractivity contribution in [2.45, 2.75) is 12.5 Å². The maximum atomic E-state index is 13.5. The van der Waals surface area contributed by atoms with Crippen LogP contribution in [0.2, 0.25) is 0 Å². The minimum Gasteiger partial charge on any atom is -0.488 e. The van der Waals surface area contributed by atoms with E-state index in [9.17, 15) is 18.9 Å². The zero-order valence-electron chi connectivity index (χ0n) is 10.7. The van der Waals surface area contributed by atoms with Gasteiger partial charge in [-0.1, -0.05) is 0 Å². The molecule has 7 heteroatoms. The molecule has 0 N–H and O–H groups in total. The Hall–Kier alpha value is -2.21. The summed E-state index contributed by atoms with van der Waals surface area (Å²) in [5, 5.41) is 10.7. The molecule has 0 unspecified atom stereocenters. The first-order chi connectivity index (χ1) is 10.0. The number of halogens is 3. The molecule has 2 rings (SSSR count). The molecule has 0 bridgehead atoms. The number of benzene rings is 2. The van der Waals surface area contributed by atoms with Crippen LogP contribution in [0.4, 0.5) is 14.5 Å². The van der Waals surface area contributed by atoms with Crippen molar-refractivity contribution in [2.75, 3.05) is 0 Å². The Labute approximate surface area is 124 Å². The third-order valence-corrected chi connectivity index (χ3v) is 3.09. The molecule has 2 aromatic rings. The Balaban J connectivity index is 2.17. The van der Waals surface area contributed by atoms with Gasteiger partial charge in [-0.15, -0.1) is 11.6 Å². The topological polar surface area (TPSA) is 52.4 Å². The Bertz CT molecular complexity index is 679. The van der Waals surface area contributed by atoms with Gasteiger partial charge < -0.3 is 4.74 Å². The van der Waals surface area contributed by atoms with E-state index in [1.165, 1.54) is 24.3 Å². The van der Waals surface area contributed by atoms with Crippen LogP contribution in [0.15, 0.2) is 36.4 Å². The molecule has 0 spiro atoms. The average Bonchev–Trinajstić information content (AvgIpc) is 2.46. The van der Waals surface area contributed by atoms with Gasteiger partial charge in [0.1, 0.15) is 24.0 Å². The van der Waals surface area contributed by atoms with Gasteiger partial charge in [-0.25, -0.2) is 8.78 Å². The molecule has 0 atom stereocenters. The number of alkyl halides is 1. The SMILES string of the molecule is O=[N+]([O-])c1ccc(OCc2ccc(F)cc2F)c(CCl)c1. The number of nitro groups is 1. The Morgan fingerprint density at radius 1 is 1.14 bits per heavy atom. The van der Waals surface area contributed by atoms with Crippen molar-refractivity contribution in [2.24, 2.45) is 0 Å². The highest BCUT2D eigenvalue weighted by molar-refractivity contribution is 6.17. The molecule has 0 radical (unpaired) electrons. The monoisotopic (exact) mass is 313 g/mol. The van der Waals surface area contributed by atoms with Gasteiger partial charge in [0.2, 0.25) is 0 Å². The van der Waals surface area contributed by atoms with Gasteiger partial charge in [-0.05, 0) is 18.2 Å². The van der Waals surface area contributed by atoms with Crippen LogP contribution in [-0.2, 0) is 12.5 Å². The molecule has 0 amide bonds. The van der Waals surface area contributed by atoms with E-state index >= 15 is 0 Å². The number of hydrogen-bond acceptors (Lipinski definition) is 3. The Morgan fingerprint density at radius 3 is 2.52 bits per heavy atom. The predicted molar refractivity (Wildman–Crippen MR) is 73.3 cm³/mol. The van der Waals surface area contributed by atoms with Gasteiger partial charge in [0.15, 0.2) is 0 Å². The Morgan fingerprint density at radius 2 is 1.90 bits per heavy atom. The number of hydrogen-bond donors (Lipinski definition) is 0. The summed E-state index contributed by atoms with van der Waals surface area (Å²) in [6.07, 6.45) is 0. The molecule has 21 heavy (non-hydrogen) atoms. The van der Waals surface area contributed by atoms with Crippen molar-refractivity contribution in [3.63, 3.8) is 0 Å². The van der Waals surface area contributed by atoms with Crippen molar-refractivity contribution in [3.8, 4) is 5.75 Å². The minimum absolute atomic E-state index is 0.0168. The lowest BCUT2D eigenvalue weighted by atomic mass is 10.2. The van der Waals surface area contributed by atoms with Crippen molar-refractivity contribution in [3.05, 3.63) is 69.3 Å². The maximum absolute atomic E-state index is 13.5. The second-order valence-electron chi connectivity index (χ2n) is 4.21. The largest absolute Gasteiger partial charge is 0.488 e. The number of ether oxygens (including phenoxy) is 1. The average molecular weight is 314 g/mol. The summed E-state index contributed by atoms with van der Waals surface area (Å²) in [5.41, 5.74) is 0.495. The molecule has 110 valence electrons. The summed E-state index contributed by atoms with van der Waals surface area (Å²) >= 11 is 5.72. The van der Waals surface area contributed by atoms with Gasteiger partial charge in [0.05, 0.1) is 10.8 Å². The second kappa shape index (κ2) is 6.49. The molecule has 0 saturated carbocycles. The summed E-state index contributed by atoms with van der Waals surface area (Å²) in [4.78, 5) is 10.1. The van der Waals surface area contributed by atoms with E-state index < -0.39 is 16.6 Å². The van der Waals surface area contributed by atoms with Crippen molar-refractivity contribution in [1.82, 2.24) is 0 Å². The van der Waals surface area contributed by atoms with Crippen molar-refractivity contribution < 1.29 is 18.4 Å². The van der Waals surface area contributed by atoms with Crippen LogP contribution in [0, 0.1) is 21.7 Å². The summed E-state index contributed by atoms with van der Waals surface area (Å²) in [7, 11) is 0. The summed E-state index contributed by atoms with van der Waals surface area (Å²) in [5.74, 6) is -1.06. The normalized spacial score (nSPS) is 10.4. The fraction of sp³-hybridized carbons (Fsp3) is 0.143. The highest BCUT2D eigenvalue weighted by Crippen LogP contribution is 2.26. The van der Waals surface area contributed by atoms with E-state index in [0.717, 1.165) is 12.1 Å². The van der Waals surface area contributed by atoms with Gasteiger partial charge in [0.25, 0.3) is 5.69 Å². The third kappa shape index (κ3) is 3.66. The lowest BCUT2D eigenvalue weighted by Crippen LogP contribution is -2.01. The number of non-ortho nitro benzene ring substituents is 1. The molecule has 0 heterocycles. The summed E-state index contributed by atoms with van der Waals surface area (Å²) < 4.78 is 31.7. The first kappa shape index (κ1) is 15.2. The predicted octanol–water partition coefficient (Wildman–Crippen LogP) is 4.19. The van der Waals surface area contributed by atoms with Crippen LogP contribution < -0.4 is 4.74 Å². The van der Waals surface area contributed by atoms with E-state index in [1.54, 1.807) is 0 Å². The Kier molecular flexibility index (Phi) is 4.70. The zero-order valence-corrected chi connectivity index (χ0v) is 11.4. The molecular weight excluding hydrogens is 304 g/mol. The van der Waals surface area contributed by atoms with Crippen molar-refractivity contribution in [1.29, 1.82) is 0 Å². The van der Waals surface area contributed by atoms with Gasteiger partial charge in [-0.3, -0.25) is 10.1 Å². The fourth-order valence-electron chi connectivity index (χ4n) is 1.72. The van der Waals surface area contributed by atoms with Crippen LogP contribution in [0.3, 0.4) is 0 Å². The lowest BCUT2D eigenvalue weighted by molar-refractivity contribution is -0.384. The van der Waals surface area contributed by atoms with Crippen LogP contribution in [0.5, 0.6) is 5.75 Å². The van der Waals surface area contributed by atoms with E-state index in [1.807, 2.05) is 0 Å². The van der Waals surface area contributed by atoms with E-state index in [2.05, 4.69) is 0 Å². The minimum atomic E-state index is -0.718. The molecule has 0 aromatic heterocycles. The first-order valence-electron chi connectivity index (χ1n) is 5.91. The highest BCUT2D eigenvalue weighted by atomic mass is 35.5. The quantitative estimate of drug-likeness (QED) is 0.472. The standard InChI is InChI=1S/C14H10ClF2NO3/c15-7-10-5-12(18(19)20)3-4-14(10)21-8-9-1-2-11(16)6-13(9)17/h1-6H,7-8H2. The van der Waals surface area contributed by atoms with Crippen LogP contribution in [0.25, 0.3) is 0 Å². The maximum Gasteiger partial charge on any atom is 0.270 e. The summed E-state index contributed by atoms with van der Waals surface area (Å²) in [6.45, 7) is -0.131. The molecule has 0 aliphatic heterocycles. The molecule has 4 nitrogen and oxygen atoms in total. The zero-order chi connectivity index (χ0) is 15.4. The van der Waals surface area contributed by atoms with E-state index in [0.29, 0.717) is 11.3 Å². The molecule has 0 aliphatic rings. The van der Waals surface area contributed by atoms with Crippen LogP contribution >= 0.6 is 11.6 Å². The van der Waals surface area contributed by atoms with E-state index in [4.69, 9.17) is 16.3 Å². The van der Waals surface area contributed by atoms with Gasteiger partial charge in [0, 0.05) is 29.3 Å². The van der Waals surface area contributed by atoms with Crippen molar-refractivity contribution >= 4 is 17.3 Å². The molecular formula is C14H10ClF2NO3. The van der Waals surface area contributed by atoms with Crippen LogP contribution in [0.1, 0.15) is 11.1 Å². The molecule has 0 fully saturated rings. The number of rotatable bonds is 5. The van der Waals surface area contributed by atoms with E-state index in [-0.39, 0.29) is 23.7 Å². The smallest absolute Gasteiger partial charge is 0.270 e. The van der Waals surface area contributed by atoms with Gasteiger partial charge in [-0.2, -0.15) is 0 Å². The molecule has 2 aromatic carbocycles. The van der Waals surface area contributed by atoms with Crippen LogP contribution in [-0.4, -0.2) is 4.92 Å². The first-order valence-corrected chi connectivity index (χ1v) is 6.44. The fourth-order valence-corrected chi connectivity index (χ4v) is 1.93. The second-order valence-corrected chi connectivity index (χ2v) is 4.47. The number of nitrogens with zero attached hydrogens (tertiary/aromatic N) is 1. The lowest BCUT2D eigenvalue weighted by Gasteiger charge is -2.10. The molecule has 0 saturated heterocycles. The third-order valence-electron chi connectivity index (χ3n) is 2.80. The highest BCUT2D eigenvalue weighted by Gasteiger charge is 2.12. The summed E-state index contributed by atoms with van der Waals surface area (Å²) in [6, 6.07) is 7.13. The number of nitro benzene ring substituents is 1.